The second-order valence-electron chi connectivity index (χ2n) is 5.34. The molecule has 114 valence electrons. The summed E-state index contributed by atoms with van der Waals surface area (Å²) in [5, 5.41) is 16.8. The Balaban J connectivity index is 2.08. The van der Waals surface area contributed by atoms with Crippen molar-refractivity contribution >= 4 is 5.97 Å². The first-order valence-electron chi connectivity index (χ1n) is 7.83. The molecule has 0 atom stereocenters. The molecule has 1 N–H and O–H groups in total. The number of aryl methyl sites for hydroxylation is 2. The Morgan fingerprint density at radius 3 is 2.65 bits per heavy atom. The van der Waals surface area contributed by atoms with Crippen molar-refractivity contribution in [1.29, 1.82) is 0 Å². The molecule has 0 spiro atoms. The zero-order chi connectivity index (χ0) is 14.6. The zero-order valence-corrected chi connectivity index (χ0v) is 12.6. The van der Waals surface area contributed by atoms with E-state index >= 15 is 0 Å². The number of aromatic nitrogens is 3. The smallest absolute Gasteiger partial charge is 0.303 e. The van der Waals surface area contributed by atoms with Crippen LogP contribution in [0.1, 0.15) is 70.4 Å². The van der Waals surface area contributed by atoms with Crippen LogP contribution < -0.4 is 0 Å². The second kappa shape index (κ2) is 10.4. The van der Waals surface area contributed by atoms with Gasteiger partial charge in [-0.2, -0.15) is 0 Å². The van der Waals surface area contributed by atoms with Gasteiger partial charge in [0.2, 0.25) is 0 Å². The van der Waals surface area contributed by atoms with Crippen LogP contribution in [-0.2, 0) is 17.8 Å². The third-order valence-corrected chi connectivity index (χ3v) is 3.40. The van der Waals surface area contributed by atoms with Gasteiger partial charge in [0.25, 0.3) is 0 Å². The summed E-state index contributed by atoms with van der Waals surface area (Å²) in [7, 11) is 0. The Kier molecular flexibility index (Phi) is 8.67. The molecule has 5 heteroatoms. The largest absolute Gasteiger partial charge is 0.481 e. The van der Waals surface area contributed by atoms with E-state index in [4.69, 9.17) is 5.11 Å². The lowest BCUT2D eigenvalue weighted by Gasteiger charge is -2.00. The number of aliphatic carboxylic acids is 1. The molecule has 0 saturated carbocycles. The molecular weight excluding hydrogens is 254 g/mol. The third-order valence-electron chi connectivity index (χ3n) is 3.40. The normalized spacial score (nSPS) is 10.8. The number of nitrogens with zero attached hydrogens (tertiary/aromatic N) is 3. The van der Waals surface area contributed by atoms with Crippen molar-refractivity contribution in [1.82, 2.24) is 15.0 Å². The highest BCUT2D eigenvalue weighted by atomic mass is 16.4. The number of hydrogen-bond donors (Lipinski definition) is 1. The maximum absolute atomic E-state index is 10.4. The topological polar surface area (TPSA) is 68.0 Å². The number of hydrogen-bond acceptors (Lipinski definition) is 3. The van der Waals surface area contributed by atoms with E-state index in [1.54, 1.807) is 0 Å². The molecule has 5 nitrogen and oxygen atoms in total. The molecule has 20 heavy (non-hydrogen) atoms. The zero-order valence-electron chi connectivity index (χ0n) is 12.6. The minimum atomic E-state index is -0.725. The van der Waals surface area contributed by atoms with Crippen molar-refractivity contribution < 1.29 is 9.90 Å². The lowest BCUT2D eigenvalue weighted by atomic mass is 10.1. The molecule has 0 aliphatic rings. The molecule has 0 aromatic carbocycles. The van der Waals surface area contributed by atoms with Crippen LogP contribution in [0.5, 0.6) is 0 Å². The number of carboxylic acids is 1. The van der Waals surface area contributed by atoms with Crippen molar-refractivity contribution in [3.05, 3.63) is 11.9 Å². The molecule has 0 unspecified atom stereocenters. The fourth-order valence-electron chi connectivity index (χ4n) is 2.20. The highest BCUT2D eigenvalue weighted by Crippen LogP contribution is 2.07. The number of carboxylic acid groups (broad SMARTS) is 1. The summed E-state index contributed by atoms with van der Waals surface area (Å²) >= 11 is 0. The average molecular weight is 281 g/mol. The van der Waals surface area contributed by atoms with Crippen LogP contribution in [0.3, 0.4) is 0 Å². The summed E-state index contributed by atoms with van der Waals surface area (Å²) in [6, 6.07) is 0. The van der Waals surface area contributed by atoms with Crippen LogP contribution in [0.25, 0.3) is 0 Å². The first-order chi connectivity index (χ1) is 9.72. The van der Waals surface area contributed by atoms with Gasteiger partial charge in [0.1, 0.15) is 0 Å². The van der Waals surface area contributed by atoms with Gasteiger partial charge in [0, 0.05) is 19.2 Å². The number of carbonyl (C=O) groups is 1. The maximum Gasteiger partial charge on any atom is 0.303 e. The van der Waals surface area contributed by atoms with E-state index in [1.807, 2.05) is 10.9 Å². The standard InChI is InChI=1S/C15H27N3O2/c1-2-3-4-5-6-9-12-18-13-14(16-17-18)10-7-8-11-15(19)20/h13H,2-12H2,1H3,(H,19,20). The molecular formula is C15H27N3O2. The second-order valence-corrected chi connectivity index (χ2v) is 5.34. The summed E-state index contributed by atoms with van der Waals surface area (Å²) in [5.41, 5.74) is 0.973. The quantitative estimate of drug-likeness (QED) is 0.596. The molecule has 0 fully saturated rings. The third kappa shape index (κ3) is 7.92. The van der Waals surface area contributed by atoms with Crippen LogP contribution in [0.4, 0.5) is 0 Å². The van der Waals surface area contributed by atoms with E-state index in [9.17, 15) is 4.79 Å². The van der Waals surface area contributed by atoms with Crippen molar-refractivity contribution in [2.75, 3.05) is 0 Å². The van der Waals surface area contributed by atoms with Crippen LogP contribution in [0.2, 0.25) is 0 Å². The number of unbranched alkanes of at least 4 members (excludes halogenated alkanes) is 6. The van der Waals surface area contributed by atoms with Gasteiger partial charge in [0.15, 0.2) is 0 Å². The molecule has 1 aromatic rings. The van der Waals surface area contributed by atoms with Crippen LogP contribution in [0, 0.1) is 0 Å². The minimum Gasteiger partial charge on any atom is -0.481 e. The van der Waals surface area contributed by atoms with E-state index in [-0.39, 0.29) is 6.42 Å². The minimum absolute atomic E-state index is 0.242. The SMILES string of the molecule is CCCCCCCCn1cc(CCCCC(=O)O)nn1. The van der Waals surface area contributed by atoms with Gasteiger partial charge < -0.3 is 5.11 Å². The van der Waals surface area contributed by atoms with Crippen molar-refractivity contribution in [3.8, 4) is 0 Å². The lowest BCUT2D eigenvalue weighted by molar-refractivity contribution is -0.137. The first-order valence-corrected chi connectivity index (χ1v) is 7.83. The molecule has 0 radical (unpaired) electrons. The Labute approximate surface area is 121 Å². The average Bonchev–Trinajstić information content (AvgIpc) is 2.86. The highest BCUT2D eigenvalue weighted by molar-refractivity contribution is 5.66. The Hall–Kier alpha value is -1.39. The Morgan fingerprint density at radius 1 is 1.15 bits per heavy atom. The monoisotopic (exact) mass is 281 g/mol. The van der Waals surface area contributed by atoms with E-state index in [2.05, 4.69) is 17.2 Å². The molecule has 0 aliphatic heterocycles. The fraction of sp³-hybridized carbons (Fsp3) is 0.800. The lowest BCUT2D eigenvalue weighted by Crippen LogP contribution is -1.98. The summed E-state index contributed by atoms with van der Waals surface area (Å²) in [5.74, 6) is -0.725. The molecule has 1 rings (SSSR count). The summed E-state index contributed by atoms with van der Waals surface area (Å²) in [6.45, 7) is 3.17. The predicted molar refractivity (Wildman–Crippen MR) is 78.6 cm³/mol. The number of rotatable bonds is 12. The summed E-state index contributed by atoms with van der Waals surface area (Å²) in [4.78, 5) is 10.4. The molecule has 0 aliphatic carbocycles. The predicted octanol–water partition coefficient (Wildman–Crippen LogP) is 3.44. The van der Waals surface area contributed by atoms with Gasteiger partial charge in [-0.25, -0.2) is 0 Å². The maximum atomic E-state index is 10.4. The Morgan fingerprint density at radius 2 is 1.90 bits per heavy atom. The van der Waals surface area contributed by atoms with E-state index in [0.29, 0.717) is 6.42 Å². The fourth-order valence-corrected chi connectivity index (χ4v) is 2.20. The summed E-state index contributed by atoms with van der Waals surface area (Å²) in [6.07, 6.45) is 12.3. The van der Waals surface area contributed by atoms with Gasteiger partial charge in [-0.05, 0) is 25.7 Å². The molecule has 0 amide bonds. The van der Waals surface area contributed by atoms with Gasteiger partial charge in [-0.3, -0.25) is 9.48 Å². The van der Waals surface area contributed by atoms with Crippen LogP contribution in [-0.4, -0.2) is 26.1 Å². The molecule has 1 heterocycles. The highest BCUT2D eigenvalue weighted by Gasteiger charge is 2.02. The van der Waals surface area contributed by atoms with Crippen LogP contribution >= 0.6 is 0 Å². The first kappa shape index (κ1) is 16.7. The Bertz CT molecular complexity index is 377. The van der Waals surface area contributed by atoms with Gasteiger partial charge in [0.05, 0.1) is 5.69 Å². The molecule has 0 bridgehead atoms. The summed E-state index contributed by atoms with van der Waals surface area (Å²) < 4.78 is 1.91. The van der Waals surface area contributed by atoms with Crippen LogP contribution in [0.15, 0.2) is 6.20 Å². The van der Waals surface area contributed by atoms with E-state index in [0.717, 1.165) is 31.5 Å². The van der Waals surface area contributed by atoms with Gasteiger partial charge >= 0.3 is 5.97 Å². The van der Waals surface area contributed by atoms with Crippen molar-refractivity contribution in [3.63, 3.8) is 0 Å². The van der Waals surface area contributed by atoms with Gasteiger partial charge in [-0.15, -0.1) is 5.10 Å². The molecule has 0 saturated heterocycles. The van der Waals surface area contributed by atoms with E-state index in [1.165, 1.54) is 32.1 Å². The van der Waals surface area contributed by atoms with Gasteiger partial charge in [-0.1, -0.05) is 44.2 Å². The molecule has 1 aromatic heterocycles. The van der Waals surface area contributed by atoms with Crippen molar-refractivity contribution in [2.24, 2.45) is 0 Å². The van der Waals surface area contributed by atoms with Crippen molar-refractivity contribution in [2.45, 2.75) is 77.7 Å². The van der Waals surface area contributed by atoms with E-state index < -0.39 is 5.97 Å².